The van der Waals surface area contributed by atoms with Crippen molar-refractivity contribution in [1.29, 1.82) is 0 Å². The number of pyridine rings is 1. The van der Waals surface area contributed by atoms with Gasteiger partial charge in [-0.1, -0.05) is 24.3 Å². The number of aromatic nitrogens is 2. The van der Waals surface area contributed by atoms with E-state index < -0.39 is 0 Å². The third-order valence-corrected chi connectivity index (χ3v) is 6.32. The van der Waals surface area contributed by atoms with Crippen LogP contribution < -0.4 is 10.2 Å². The normalized spacial score (nSPS) is 18.1. The molecule has 3 heterocycles. The molecule has 1 N–H and O–H groups in total. The second-order valence-electron chi connectivity index (χ2n) is 7.97. The highest BCUT2D eigenvalue weighted by atomic mass is 32.1. The van der Waals surface area contributed by atoms with Crippen molar-refractivity contribution >= 4 is 23.0 Å². The Kier molecular flexibility index (Phi) is 5.23. The summed E-state index contributed by atoms with van der Waals surface area (Å²) in [5.41, 5.74) is 6.22. The van der Waals surface area contributed by atoms with E-state index in [9.17, 15) is 4.39 Å². The van der Waals surface area contributed by atoms with Crippen LogP contribution in [0.2, 0.25) is 0 Å². The maximum atomic E-state index is 13.5. The first-order chi connectivity index (χ1) is 15.5. The van der Waals surface area contributed by atoms with E-state index in [-0.39, 0.29) is 17.9 Å². The molecule has 4 aromatic rings. The number of para-hydroxylation sites is 1. The predicted molar refractivity (Wildman–Crippen MR) is 130 cm³/mol. The monoisotopic (exact) mass is 442 g/mol. The molecule has 1 aliphatic heterocycles. The zero-order valence-electron chi connectivity index (χ0n) is 17.9. The Balaban J connectivity index is 1.67. The molecule has 2 atom stereocenters. The molecule has 1 saturated heterocycles. The summed E-state index contributed by atoms with van der Waals surface area (Å²) >= 11 is 5.81. The fourth-order valence-electron chi connectivity index (χ4n) is 4.61. The van der Waals surface area contributed by atoms with Crippen molar-refractivity contribution in [3.63, 3.8) is 0 Å². The summed E-state index contributed by atoms with van der Waals surface area (Å²) in [7, 11) is 0. The number of hydrogen-bond donors (Lipinski definition) is 1. The number of thiocarbonyl (C=S) groups is 1. The summed E-state index contributed by atoms with van der Waals surface area (Å²) in [5.74, 6) is -0.243. The second kappa shape index (κ2) is 8.20. The zero-order valence-corrected chi connectivity index (χ0v) is 18.7. The molecule has 1 aliphatic rings. The van der Waals surface area contributed by atoms with E-state index in [1.54, 1.807) is 0 Å². The van der Waals surface area contributed by atoms with Crippen LogP contribution in [0.1, 0.15) is 34.7 Å². The summed E-state index contributed by atoms with van der Waals surface area (Å²) in [4.78, 5) is 6.80. The number of benzene rings is 2. The highest BCUT2D eigenvalue weighted by Gasteiger charge is 2.42. The SMILES string of the molecule is Cc1cc(C2C(c3ccccn3)NC(=S)N2c2ccccc2)c(C)n1-c1ccc(F)cc1. The first-order valence-electron chi connectivity index (χ1n) is 10.5. The molecule has 0 amide bonds. The van der Waals surface area contributed by atoms with E-state index >= 15 is 0 Å². The van der Waals surface area contributed by atoms with Gasteiger partial charge in [0.15, 0.2) is 5.11 Å². The maximum absolute atomic E-state index is 13.5. The van der Waals surface area contributed by atoms with Gasteiger partial charge in [0.2, 0.25) is 0 Å². The van der Waals surface area contributed by atoms with Crippen LogP contribution in [0.4, 0.5) is 10.1 Å². The topological polar surface area (TPSA) is 33.1 Å². The Morgan fingerprint density at radius 2 is 1.62 bits per heavy atom. The Bertz CT molecular complexity index is 1250. The quantitative estimate of drug-likeness (QED) is 0.405. The van der Waals surface area contributed by atoms with Gasteiger partial charge >= 0.3 is 0 Å². The lowest BCUT2D eigenvalue weighted by atomic mass is 9.96. The summed E-state index contributed by atoms with van der Waals surface area (Å²) in [6.07, 6.45) is 1.81. The Hall–Kier alpha value is -3.51. The minimum absolute atomic E-state index is 0.0831. The van der Waals surface area contributed by atoms with Crippen LogP contribution >= 0.6 is 12.2 Å². The van der Waals surface area contributed by atoms with Gasteiger partial charge < -0.3 is 14.8 Å². The molecule has 5 rings (SSSR count). The van der Waals surface area contributed by atoms with Gasteiger partial charge in [0.05, 0.1) is 17.8 Å². The van der Waals surface area contributed by atoms with Crippen LogP contribution in [0.3, 0.4) is 0 Å². The van der Waals surface area contributed by atoms with Crippen molar-refractivity contribution in [3.8, 4) is 5.69 Å². The molecule has 0 bridgehead atoms. The summed E-state index contributed by atoms with van der Waals surface area (Å²) in [6.45, 7) is 4.18. The van der Waals surface area contributed by atoms with E-state index in [2.05, 4.69) is 51.8 Å². The van der Waals surface area contributed by atoms with Crippen molar-refractivity contribution in [1.82, 2.24) is 14.9 Å². The number of rotatable bonds is 4. The number of nitrogens with one attached hydrogen (secondary N) is 1. The van der Waals surface area contributed by atoms with Gasteiger partial charge in [-0.05, 0) is 86.2 Å². The van der Waals surface area contributed by atoms with Crippen LogP contribution in [-0.4, -0.2) is 14.7 Å². The Labute approximate surface area is 192 Å². The average molecular weight is 443 g/mol. The number of anilines is 1. The summed E-state index contributed by atoms with van der Waals surface area (Å²) in [5, 5.41) is 4.18. The molecule has 0 saturated carbocycles. The number of halogens is 1. The first kappa shape index (κ1) is 20.4. The molecule has 1 fully saturated rings. The molecule has 0 aliphatic carbocycles. The van der Waals surface area contributed by atoms with Gasteiger partial charge in [-0.3, -0.25) is 4.98 Å². The molecule has 32 heavy (non-hydrogen) atoms. The van der Waals surface area contributed by atoms with Gasteiger partial charge in [-0.15, -0.1) is 0 Å². The molecule has 6 heteroatoms. The Morgan fingerprint density at radius 1 is 0.906 bits per heavy atom. The predicted octanol–water partition coefficient (Wildman–Crippen LogP) is 5.81. The minimum Gasteiger partial charge on any atom is -0.351 e. The minimum atomic E-state index is -0.243. The molecular weight excluding hydrogens is 419 g/mol. The third-order valence-electron chi connectivity index (χ3n) is 6.01. The highest BCUT2D eigenvalue weighted by molar-refractivity contribution is 7.80. The molecular formula is C26H23FN4S. The second-order valence-corrected chi connectivity index (χ2v) is 8.36. The highest BCUT2D eigenvalue weighted by Crippen LogP contribution is 2.43. The fraction of sp³-hybridized carbons (Fsp3) is 0.154. The van der Waals surface area contributed by atoms with Gasteiger partial charge in [0.25, 0.3) is 0 Å². The van der Waals surface area contributed by atoms with Crippen molar-refractivity contribution in [3.05, 3.63) is 114 Å². The molecule has 2 unspecified atom stereocenters. The van der Waals surface area contributed by atoms with Crippen LogP contribution in [0.5, 0.6) is 0 Å². The van der Waals surface area contributed by atoms with Crippen LogP contribution in [-0.2, 0) is 0 Å². The van der Waals surface area contributed by atoms with Gasteiger partial charge in [0.1, 0.15) is 5.82 Å². The van der Waals surface area contributed by atoms with E-state index in [1.165, 1.54) is 12.1 Å². The largest absolute Gasteiger partial charge is 0.351 e. The van der Waals surface area contributed by atoms with Crippen LogP contribution in [0.25, 0.3) is 5.69 Å². The Morgan fingerprint density at radius 3 is 2.31 bits per heavy atom. The number of hydrogen-bond acceptors (Lipinski definition) is 2. The van der Waals surface area contributed by atoms with E-state index in [1.807, 2.05) is 54.7 Å². The number of aryl methyl sites for hydroxylation is 1. The first-order valence-corrected chi connectivity index (χ1v) is 11.0. The fourth-order valence-corrected chi connectivity index (χ4v) is 4.96. The standard InChI is InChI=1S/C26H23FN4S/c1-17-16-22(18(2)30(17)21-13-11-19(27)12-14-21)25-24(23-10-6-7-15-28-23)29-26(32)31(25)20-8-4-3-5-9-20/h3-16,24-25H,1-2H3,(H,29,32). The lowest BCUT2D eigenvalue weighted by Crippen LogP contribution is -2.29. The lowest BCUT2D eigenvalue weighted by molar-refractivity contribution is 0.565. The van der Waals surface area contributed by atoms with E-state index in [4.69, 9.17) is 12.2 Å². The van der Waals surface area contributed by atoms with Crippen molar-refractivity contribution in [2.24, 2.45) is 0 Å². The van der Waals surface area contributed by atoms with Crippen LogP contribution in [0.15, 0.2) is 85.1 Å². The molecule has 2 aromatic carbocycles. The molecule has 160 valence electrons. The van der Waals surface area contributed by atoms with Gasteiger partial charge in [0, 0.05) is 29.0 Å². The third kappa shape index (κ3) is 3.46. The van der Waals surface area contributed by atoms with Crippen LogP contribution in [0, 0.1) is 19.7 Å². The van der Waals surface area contributed by atoms with Crippen molar-refractivity contribution in [2.75, 3.05) is 4.90 Å². The molecule has 4 nitrogen and oxygen atoms in total. The van der Waals surface area contributed by atoms with Gasteiger partial charge in [-0.25, -0.2) is 4.39 Å². The number of nitrogens with zero attached hydrogens (tertiary/aromatic N) is 3. The zero-order chi connectivity index (χ0) is 22.2. The van der Waals surface area contributed by atoms with Crippen molar-refractivity contribution in [2.45, 2.75) is 25.9 Å². The van der Waals surface area contributed by atoms with Gasteiger partial charge in [-0.2, -0.15) is 0 Å². The lowest BCUT2D eigenvalue weighted by Gasteiger charge is -2.28. The molecule has 2 aromatic heterocycles. The maximum Gasteiger partial charge on any atom is 0.174 e. The van der Waals surface area contributed by atoms with E-state index in [0.717, 1.165) is 34.0 Å². The van der Waals surface area contributed by atoms with E-state index in [0.29, 0.717) is 5.11 Å². The van der Waals surface area contributed by atoms with Crippen molar-refractivity contribution < 1.29 is 4.39 Å². The smallest absolute Gasteiger partial charge is 0.174 e. The summed E-state index contributed by atoms with van der Waals surface area (Å²) in [6, 6.07) is 24.7. The summed E-state index contributed by atoms with van der Waals surface area (Å²) < 4.78 is 15.7. The average Bonchev–Trinajstić information content (AvgIpc) is 3.31. The molecule has 0 spiro atoms. The molecule has 0 radical (unpaired) electrons.